The van der Waals surface area contributed by atoms with Crippen molar-refractivity contribution in [3.8, 4) is 5.69 Å². The van der Waals surface area contributed by atoms with Crippen molar-refractivity contribution in [2.75, 3.05) is 7.11 Å². The van der Waals surface area contributed by atoms with Gasteiger partial charge in [-0.25, -0.2) is 4.79 Å². The van der Waals surface area contributed by atoms with Crippen molar-refractivity contribution in [1.82, 2.24) is 9.47 Å². The first kappa shape index (κ1) is 23.3. The minimum atomic E-state index is -0.504. The molecule has 2 aromatic carbocycles. The van der Waals surface area contributed by atoms with Crippen LogP contribution in [0.1, 0.15) is 40.6 Å². The van der Waals surface area contributed by atoms with Crippen LogP contribution < -0.4 is 0 Å². The summed E-state index contributed by atoms with van der Waals surface area (Å²) < 4.78 is 7.23. The van der Waals surface area contributed by atoms with Crippen molar-refractivity contribution in [3.63, 3.8) is 0 Å². The second kappa shape index (κ2) is 9.18. The number of hydrogen-bond donors (Lipinski definition) is 0. The highest BCUT2D eigenvalue weighted by Crippen LogP contribution is 2.34. The van der Waals surface area contributed by atoms with Crippen molar-refractivity contribution in [2.45, 2.75) is 41.2 Å². The number of methoxy groups -OCH3 is 1. The average molecular weight is 455 g/mol. The van der Waals surface area contributed by atoms with Gasteiger partial charge in [-0.2, -0.15) is 0 Å². The standard InChI is InChI=1S/C29H30N2O3/c1-18-12-19(2)14-25(13-18)31-20(3)15-24(21(31)4)16-26-27(29(33)34-6)22(5)30(28(26)32)17-23-10-8-7-9-11-23/h7-16H,17H2,1-6H3/b26-16-. The van der Waals surface area contributed by atoms with Gasteiger partial charge in [-0.1, -0.05) is 36.4 Å². The molecule has 0 unspecified atom stereocenters. The van der Waals surface area contributed by atoms with Gasteiger partial charge in [0.05, 0.1) is 24.8 Å². The highest BCUT2D eigenvalue weighted by molar-refractivity contribution is 6.16. The molecule has 1 aromatic heterocycles. The molecule has 0 fully saturated rings. The molecule has 3 aromatic rings. The largest absolute Gasteiger partial charge is 0.465 e. The van der Waals surface area contributed by atoms with E-state index in [0.717, 1.165) is 28.2 Å². The molecule has 0 saturated carbocycles. The number of carbonyl (C=O) groups is 2. The van der Waals surface area contributed by atoms with Gasteiger partial charge in [0.15, 0.2) is 0 Å². The van der Waals surface area contributed by atoms with Gasteiger partial charge in [0.25, 0.3) is 5.91 Å². The summed E-state index contributed by atoms with van der Waals surface area (Å²) >= 11 is 0. The minimum absolute atomic E-state index is 0.196. The van der Waals surface area contributed by atoms with Gasteiger partial charge in [0.1, 0.15) is 0 Å². The number of amides is 1. The Bertz CT molecular complexity index is 1320. The molecule has 5 nitrogen and oxygen atoms in total. The summed E-state index contributed by atoms with van der Waals surface area (Å²) in [6.07, 6.45) is 1.82. The van der Waals surface area contributed by atoms with Crippen LogP contribution in [0.5, 0.6) is 0 Å². The first-order valence-corrected chi connectivity index (χ1v) is 11.4. The van der Waals surface area contributed by atoms with Crippen LogP contribution in [0.3, 0.4) is 0 Å². The third-order valence-corrected chi connectivity index (χ3v) is 6.32. The summed E-state index contributed by atoms with van der Waals surface area (Å²) in [6, 6.07) is 18.3. The van der Waals surface area contributed by atoms with Gasteiger partial charge in [-0.05, 0) is 81.1 Å². The van der Waals surface area contributed by atoms with Gasteiger partial charge >= 0.3 is 5.97 Å². The Morgan fingerprint density at radius 2 is 1.59 bits per heavy atom. The number of rotatable bonds is 5. The number of allylic oxidation sites excluding steroid dienone is 1. The van der Waals surface area contributed by atoms with Gasteiger partial charge in [0, 0.05) is 22.8 Å². The molecule has 5 heteroatoms. The number of carbonyl (C=O) groups excluding carboxylic acids is 2. The van der Waals surface area contributed by atoms with Gasteiger partial charge in [-0.3, -0.25) is 4.79 Å². The fourth-order valence-corrected chi connectivity index (χ4v) is 4.75. The molecule has 0 spiro atoms. The SMILES string of the molecule is COC(=O)C1=C(C)N(Cc2ccccc2)C(=O)/C1=C\c1cc(C)n(-c2cc(C)cc(C)c2)c1C. The van der Waals surface area contributed by atoms with E-state index < -0.39 is 5.97 Å². The van der Waals surface area contributed by atoms with E-state index in [1.54, 1.807) is 11.8 Å². The maximum Gasteiger partial charge on any atom is 0.340 e. The summed E-state index contributed by atoms with van der Waals surface area (Å²) in [6.45, 7) is 10.4. The lowest BCUT2D eigenvalue weighted by Crippen LogP contribution is -2.24. The monoisotopic (exact) mass is 454 g/mol. The zero-order valence-electron chi connectivity index (χ0n) is 20.6. The first-order chi connectivity index (χ1) is 16.2. The molecule has 1 amide bonds. The van der Waals surface area contributed by atoms with Crippen molar-refractivity contribution in [3.05, 3.63) is 105 Å². The second-order valence-corrected chi connectivity index (χ2v) is 8.89. The molecular weight excluding hydrogens is 424 g/mol. The third-order valence-electron chi connectivity index (χ3n) is 6.32. The molecule has 1 aliphatic heterocycles. The van der Waals surface area contributed by atoms with Crippen LogP contribution in [0.2, 0.25) is 0 Å². The van der Waals surface area contributed by atoms with Crippen LogP contribution in [0.15, 0.2) is 71.4 Å². The number of benzene rings is 2. The normalized spacial score (nSPS) is 14.9. The molecular formula is C29H30N2O3. The van der Waals surface area contributed by atoms with Crippen molar-refractivity contribution < 1.29 is 14.3 Å². The van der Waals surface area contributed by atoms with Crippen LogP contribution in [0.4, 0.5) is 0 Å². The Labute approximate surface area is 201 Å². The minimum Gasteiger partial charge on any atom is -0.465 e. The summed E-state index contributed by atoms with van der Waals surface area (Å²) in [5, 5.41) is 0. The van der Waals surface area contributed by atoms with Crippen molar-refractivity contribution in [2.24, 2.45) is 0 Å². The molecule has 174 valence electrons. The van der Waals surface area contributed by atoms with E-state index in [1.807, 2.05) is 50.3 Å². The predicted octanol–water partition coefficient (Wildman–Crippen LogP) is 5.58. The molecule has 2 heterocycles. The summed E-state index contributed by atoms with van der Waals surface area (Å²) in [4.78, 5) is 27.9. The Kier molecular flexibility index (Phi) is 6.29. The smallest absolute Gasteiger partial charge is 0.340 e. The average Bonchev–Trinajstić information content (AvgIpc) is 3.20. The molecule has 34 heavy (non-hydrogen) atoms. The van der Waals surface area contributed by atoms with E-state index in [0.29, 0.717) is 23.4 Å². The van der Waals surface area contributed by atoms with E-state index in [-0.39, 0.29) is 5.91 Å². The Morgan fingerprint density at radius 1 is 0.941 bits per heavy atom. The number of esters is 1. The van der Waals surface area contributed by atoms with E-state index in [4.69, 9.17) is 4.74 Å². The van der Waals surface area contributed by atoms with Gasteiger partial charge in [0.2, 0.25) is 0 Å². The van der Waals surface area contributed by atoms with E-state index >= 15 is 0 Å². The van der Waals surface area contributed by atoms with Gasteiger partial charge in [-0.15, -0.1) is 0 Å². The highest BCUT2D eigenvalue weighted by atomic mass is 16.5. The number of aryl methyl sites for hydroxylation is 3. The summed E-state index contributed by atoms with van der Waals surface area (Å²) in [5.74, 6) is -0.700. The van der Waals surface area contributed by atoms with Gasteiger partial charge < -0.3 is 14.2 Å². The fraction of sp³-hybridized carbons (Fsp3) is 0.241. The number of hydrogen-bond acceptors (Lipinski definition) is 3. The zero-order valence-corrected chi connectivity index (χ0v) is 20.6. The van der Waals surface area contributed by atoms with Crippen LogP contribution in [0, 0.1) is 27.7 Å². The Hall–Kier alpha value is -3.86. The van der Waals surface area contributed by atoms with Crippen LogP contribution in [-0.2, 0) is 20.9 Å². The maximum absolute atomic E-state index is 13.5. The predicted molar refractivity (Wildman–Crippen MR) is 134 cm³/mol. The molecule has 0 atom stereocenters. The molecule has 0 saturated heterocycles. The van der Waals surface area contributed by atoms with E-state index in [1.165, 1.54) is 18.2 Å². The lowest BCUT2D eigenvalue weighted by molar-refractivity contribution is -0.136. The Balaban J connectivity index is 1.80. The number of ether oxygens (including phenoxy) is 1. The van der Waals surface area contributed by atoms with Crippen molar-refractivity contribution >= 4 is 18.0 Å². The van der Waals surface area contributed by atoms with E-state index in [2.05, 4.69) is 42.7 Å². The maximum atomic E-state index is 13.5. The second-order valence-electron chi connectivity index (χ2n) is 8.89. The quantitative estimate of drug-likeness (QED) is 0.373. The molecule has 0 bridgehead atoms. The molecule has 4 rings (SSSR count). The van der Waals surface area contributed by atoms with Crippen LogP contribution in [0.25, 0.3) is 11.8 Å². The lowest BCUT2D eigenvalue weighted by atomic mass is 10.0. The number of nitrogens with zero attached hydrogens (tertiary/aromatic N) is 2. The first-order valence-electron chi connectivity index (χ1n) is 11.4. The van der Waals surface area contributed by atoms with E-state index in [9.17, 15) is 9.59 Å². The molecule has 0 aliphatic carbocycles. The molecule has 0 radical (unpaired) electrons. The molecule has 0 N–H and O–H groups in total. The molecule has 1 aliphatic rings. The van der Waals surface area contributed by atoms with Crippen LogP contribution in [-0.4, -0.2) is 28.5 Å². The summed E-state index contributed by atoms with van der Waals surface area (Å²) in [7, 11) is 1.34. The lowest BCUT2D eigenvalue weighted by Gasteiger charge is -2.17. The zero-order chi connectivity index (χ0) is 24.6. The summed E-state index contributed by atoms with van der Waals surface area (Å²) in [5.41, 5.74) is 8.71. The van der Waals surface area contributed by atoms with Crippen LogP contribution >= 0.6 is 0 Å². The fourth-order valence-electron chi connectivity index (χ4n) is 4.75. The number of aromatic nitrogens is 1. The topological polar surface area (TPSA) is 51.5 Å². The Morgan fingerprint density at radius 3 is 2.21 bits per heavy atom. The van der Waals surface area contributed by atoms with Crippen molar-refractivity contribution in [1.29, 1.82) is 0 Å². The third kappa shape index (κ3) is 4.21. The highest BCUT2D eigenvalue weighted by Gasteiger charge is 2.37.